The molecule has 22 heavy (non-hydrogen) atoms. The minimum Gasteiger partial charge on any atom is -0.476 e. The minimum absolute atomic E-state index is 0.155. The normalized spacial score (nSPS) is 12.0. The van der Waals surface area contributed by atoms with Crippen molar-refractivity contribution in [2.45, 2.75) is 60.3 Å². The van der Waals surface area contributed by atoms with Gasteiger partial charge in [0.05, 0.1) is 6.61 Å². The lowest BCUT2D eigenvalue weighted by molar-refractivity contribution is 0.260. The number of nitrogens with zero attached hydrogens (tertiary/aromatic N) is 2. The van der Waals surface area contributed by atoms with Gasteiger partial charge in [0.25, 0.3) is 0 Å². The maximum Gasteiger partial charge on any atom is 0.242 e. The summed E-state index contributed by atoms with van der Waals surface area (Å²) in [5.41, 5.74) is 6.53. The van der Waals surface area contributed by atoms with Crippen LogP contribution in [0.1, 0.15) is 60.7 Å². The molecule has 5 nitrogen and oxygen atoms in total. The molecule has 5 heteroatoms. The first-order valence-corrected chi connectivity index (χ1v) is 8.16. The van der Waals surface area contributed by atoms with Gasteiger partial charge in [-0.1, -0.05) is 48.5 Å². The Balaban J connectivity index is 3.04. The predicted octanol–water partition coefficient (Wildman–Crippen LogP) is 3.85. The highest BCUT2D eigenvalue weighted by molar-refractivity contribution is 5.67. The summed E-state index contributed by atoms with van der Waals surface area (Å²) < 4.78 is 5.79. The second kappa shape index (κ2) is 7.65. The van der Waals surface area contributed by atoms with Crippen LogP contribution in [0.4, 0.5) is 11.5 Å². The van der Waals surface area contributed by atoms with E-state index in [0.29, 0.717) is 35.8 Å². The second-order valence-corrected chi connectivity index (χ2v) is 7.68. The average Bonchev–Trinajstić information content (AvgIpc) is 2.37. The van der Waals surface area contributed by atoms with Gasteiger partial charge in [0.15, 0.2) is 5.82 Å². The predicted molar refractivity (Wildman–Crippen MR) is 93.4 cm³/mol. The number of nitrogen functional groups attached to an aromatic ring is 1. The van der Waals surface area contributed by atoms with Gasteiger partial charge in [-0.2, -0.15) is 4.98 Å². The molecular formula is C17H32N4O. The summed E-state index contributed by atoms with van der Waals surface area (Å²) in [7, 11) is 0. The van der Waals surface area contributed by atoms with Gasteiger partial charge in [-0.25, -0.2) is 4.98 Å². The molecule has 0 aromatic carbocycles. The lowest BCUT2D eigenvalue weighted by atomic mass is 9.96. The van der Waals surface area contributed by atoms with E-state index in [9.17, 15) is 0 Å². The maximum absolute atomic E-state index is 6.19. The highest BCUT2D eigenvalue weighted by Crippen LogP contribution is 2.30. The van der Waals surface area contributed by atoms with E-state index in [0.717, 1.165) is 18.8 Å². The molecule has 3 N–H and O–H groups in total. The third-order valence-corrected chi connectivity index (χ3v) is 3.15. The third-order valence-electron chi connectivity index (χ3n) is 3.15. The van der Waals surface area contributed by atoms with Gasteiger partial charge in [-0.15, -0.1) is 0 Å². The van der Waals surface area contributed by atoms with Crippen LogP contribution in [0.5, 0.6) is 5.88 Å². The number of ether oxygens (including phenoxy) is 1. The van der Waals surface area contributed by atoms with Crippen LogP contribution in [0, 0.1) is 11.8 Å². The molecule has 0 aliphatic carbocycles. The Morgan fingerprint density at radius 1 is 1.09 bits per heavy atom. The molecule has 0 fully saturated rings. The first-order valence-electron chi connectivity index (χ1n) is 8.16. The van der Waals surface area contributed by atoms with E-state index in [-0.39, 0.29) is 5.41 Å². The molecule has 0 bridgehead atoms. The third kappa shape index (κ3) is 5.70. The molecule has 0 atom stereocenters. The second-order valence-electron chi connectivity index (χ2n) is 7.68. The fourth-order valence-corrected chi connectivity index (χ4v) is 1.75. The van der Waals surface area contributed by atoms with E-state index in [2.05, 4.69) is 63.8 Å². The van der Waals surface area contributed by atoms with Crippen LogP contribution in [-0.2, 0) is 5.41 Å². The number of anilines is 2. The van der Waals surface area contributed by atoms with Crippen LogP contribution in [-0.4, -0.2) is 23.1 Å². The molecule has 0 saturated heterocycles. The summed E-state index contributed by atoms with van der Waals surface area (Å²) in [6, 6.07) is 0. The monoisotopic (exact) mass is 308 g/mol. The fourth-order valence-electron chi connectivity index (χ4n) is 1.75. The number of hydrogen-bond acceptors (Lipinski definition) is 5. The molecule has 0 spiro atoms. The van der Waals surface area contributed by atoms with Gasteiger partial charge in [-0.3, -0.25) is 0 Å². The molecule has 1 aromatic heterocycles. The summed E-state index contributed by atoms with van der Waals surface area (Å²) in [4.78, 5) is 9.12. The van der Waals surface area contributed by atoms with Crippen LogP contribution >= 0.6 is 0 Å². The van der Waals surface area contributed by atoms with Crippen molar-refractivity contribution in [1.29, 1.82) is 0 Å². The lowest BCUT2D eigenvalue weighted by Gasteiger charge is -2.21. The van der Waals surface area contributed by atoms with E-state index in [1.807, 2.05) is 0 Å². The molecular weight excluding hydrogens is 276 g/mol. The van der Waals surface area contributed by atoms with Crippen molar-refractivity contribution in [1.82, 2.24) is 9.97 Å². The molecule has 1 rings (SSSR count). The summed E-state index contributed by atoms with van der Waals surface area (Å²) in [5, 5.41) is 3.33. The summed E-state index contributed by atoms with van der Waals surface area (Å²) in [5.74, 6) is 2.96. The fraction of sp³-hybridized carbons (Fsp3) is 0.765. The topological polar surface area (TPSA) is 73.1 Å². The maximum atomic E-state index is 6.19. The van der Waals surface area contributed by atoms with E-state index in [1.54, 1.807) is 0 Å². The zero-order valence-corrected chi connectivity index (χ0v) is 15.2. The van der Waals surface area contributed by atoms with Crippen LogP contribution in [0.15, 0.2) is 0 Å². The molecule has 0 saturated carbocycles. The largest absolute Gasteiger partial charge is 0.476 e. The van der Waals surface area contributed by atoms with Gasteiger partial charge in [0.2, 0.25) is 5.88 Å². The number of hydrogen-bond donors (Lipinski definition) is 2. The highest BCUT2D eigenvalue weighted by atomic mass is 16.5. The molecule has 1 aromatic rings. The van der Waals surface area contributed by atoms with Gasteiger partial charge in [-0.05, 0) is 18.3 Å². The SMILES string of the molecule is CC(C)CCNc1nc(C(C)(C)C)nc(OCC(C)C)c1N. The van der Waals surface area contributed by atoms with Gasteiger partial charge in [0.1, 0.15) is 11.5 Å². The van der Waals surface area contributed by atoms with Crippen LogP contribution in [0.2, 0.25) is 0 Å². The average molecular weight is 308 g/mol. The smallest absolute Gasteiger partial charge is 0.242 e. The molecule has 0 amide bonds. The Hall–Kier alpha value is -1.52. The number of nitrogens with one attached hydrogen (secondary N) is 1. The summed E-state index contributed by atoms with van der Waals surface area (Å²) in [6.07, 6.45) is 1.07. The highest BCUT2D eigenvalue weighted by Gasteiger charge is 2.22. The van der Waals surface area contributed by atoms with Crippen molar-refractivity contribution < 1.29 is 4.74 Å². The Bertz CT molecular complexity index is 478. The Labute approximate surface area is 135 Å². The Morgan fingerprint density at radius 2 is 1.73 bits per heavy atom. The molecule has 0 unspecified atom stereocenters. The van der Waals surface area contributed by atoms with Crippen LogP contribution < -0.4 is 15.8 Å². The molecule has 0 aliphatic rings. The quantitative estimate of drug-likeness (QED) is 0.800. The van der Waals surface area contributed by atoms with Crippen molar-refractivity contribution in [2.75, 3.05) is 24.2 Å². The lowest BCUT2D eigenvalue weighted by Crippen LogP contribution is -2.20. The van der Waals surface area contributed by atoms with E-state index in [1.165, 1.54) is 0 Å². The van der Waals surface area contributed by atoms with Crippen LogP contribution in [0.3, 0.4) is 0 Å². The number of aromatic nitrogens is 2. The first-order chi connectivity index (χ1) is 10.1. The van der Waals surface area contributed by atoms with Crippen LogP contribution in [0.25, 0.3) is 0 Å². The zero-order valence-electron chi connectivity index (χ0n) is 15.2. The van der Waals surface area contributed by atoms with Crippen molar-refractivity contribution in [3.63, 3.8) is 0 Å². The number of nitrogens with two attached hydrogens (primary N) is 1. The standard InChI is InChI=1S/C17H32N4O/c1-11(2)8-9-19-14-13(18)15(22-10-12(3)4)21-16(20-14)17(5,6)7/h11-12H,8-10,18H2,1-7H3,(H,19,20,21). The van der Waals surface area contributed by atoms with Crippen molar-refractivity contribution in [3.05, 3.63) is 5.82 Å². The molecule has 0 aliphatic heterocycles. The minimum atomic E-state index is -0.155. The molecule has 0 radical (unpaired) electrons. The Morgan fingerprint density at radius 3 is 2.23 bits per heavy atom. The number of rotatable bonds is 7. The first kappa shape index (κ1) is 18.5. The Kier molecular flexibility index (Phi) is 6.45. The van der Waals surface area contributed by atoms with Gasteiger partial charge < -0.3 is 15.8 Å². The van der Waals surface area contributed by atoms with Crippen molar-refractivity contribution in [3.8, 4) is 5.88 Å². The van der Waals surface area contributed by atoms with Gasteiger partial charge >= 0.3 is 0 Å². The van der Waals surface area contributed by atoms with E-state index in [4.69, 9.17) is 10.5 Å². The van der Waals surface area contributed by atoms with E-state index >= 15 is 0 Å². The van der Waals surface area contributed by atoms with Crippen molar-refractivity contribution >= 4 is 11.5 Å². The van der Waals surface area contributed by atoms with Gasteiger partial charge in [0, 0.05) is 12.0 Å². The molecule has 126 valence electrons. The van der Waals surface area contributed by atoms with Crippen molar-refractivity contribution in [2.24, 2.45) is 11.8 Å². The summed E-state index contributed by atoms with van der Waals surface area (Å²) in [6.45, 7) is 16.3. The summed E-state index contributed by atoms with van der Waals surface area (Å²) >= 11 is 0. The zero-order chi connectivity index (χ0) is 16.9. The molecule has 1 heterocycles. The van der Waals surface area contributed by atoms with E-state index < -0.39 is 0 Å².